The number of rotatable bonds is 3. The first-order chi connectivity index (χ1) is 9.22. The Morgan fingerprint density at radius 1 is 1.32 bits per heavy atom. The summed E-state index contributed by atoms with van der Waals surface area (Å²) < 4.78 is 1.91. The van der Waals surface area contributed by atoms with Gasteiger partial charge in [0.15, 0.2) is 0 Å². The number of hydrogen-bond acceptors (Lipinski definition) is 6. The Morgan fingerprint density at radius 2 is 2.11 bits per heavy atom. The SMILES string of the molecule is Cc1nc(Cl)cc(Sc2nnnn2C2CCCC2)n1. The predicted molar refractivity (Wildman–Crippen MR) is 71.2 cm³/mol. The third kappa shape index (κ3) is 2.87. The summed E-state index contributed by atoms with van der Waals surface area (Å²) in [5, 5.41) is 13.9. The number of hydrogen-bond donors (Lipinski definition) is 0. The fourth-order valence-electron chi connectivity index (χ4n) is 2.28. The van der Waals surface area contributed by atoms with Crippen molar-refractivity contribution >= 4 is 23.4 Å². The maximum atomic E-state index is 5.93. The molecule has 2 heterocycles. The third-order valence-electron chi connectivity index (χ3n) is 3.11. The fourth-order valence-corrected chi connectivity index (χ4v) is 3.46. The molecule has 100 valence electrons. The van der Waals surface area contributed by atoms with Gasteiger partial charge in [-0.05, 0) is 42.0 Å². The molecule has 1 aliphatic rings. The van der Waals surface area contributed by atoms with Gasteiger partial charge in [0.1, 0.15) is 16.0 Å². The van der Waals surface area contributed by atoms with E-state index in [1.807, 2.05) is 11.6 Å². The quantitative estimate of drug-likeness (QED) is 0.811. The van der Waals surface area contributed by atoms with Crippen molar-refractivity contribution in [2.24, 2.45) is 0 Å². The van der Waals surface area contributed by atoms with Crippen LogP contribution in [0.3, 0.4) is 0 Å². The van der Waals surface area contributed by atoms with Crippen molar-refractivity contribution in [2.45, 2.75) is 48.8 Å². The van der Waals surface area contributed by atoms with E-state index in [9.17, 15) is 0 Å². The van der Waals surface area contributed by atoms with Crippen LogP contribution in [-0.4, -0.2) is 30.2 Å². The first-order valence-corrected chi connectivity index (χ1v) is 7.39. The van der Waals surface area contributed by atoms with E-state index < -0.39 is 0 Å². The van der Waals surface area contributed by atoms with E-state index in [0.717, 1.165) is 23.0 Å². The van der Waals surface area contributed by atoms with Gasteiger partial charge in [-0.25, -0.2) is 14.6 Å². The highest BCUT2D eigenvalue weighted by Crippen LogP contribution is 2.33. The summed E-state index contributed by atoms with van der Waals surface area (Å²) in [5.74, 6) is 0.648. The van der Waals surface area contributed by atoms with Crippen molar-refractivity contribution in [3.8, 4) is 0 Å². The molecule has 0 radical (unpaired) electrons. The van der Waals surface area contributed by atoms with Crippen molar-refractivity contribution in [1.29, 1.82) is 0 Å². The average molecular weight is 297 g/mol. The van der Waals surface area contributed by atoms with Crippen LogP contribution < -0.4 is 0 Å². The molecule has 2 aromatic heterocycles. The number of tetrazole rings is 1. The molecule has 8 heteroatoms. The van der Waals surface area contributed by atoms with Gasteiger partial charge in [-0.15, -0.1) is 5.10 Å². The van der Waals surface area contributed by atoms with E-state index in [2.05, 4.69) is 25.5 Å². The lowest BCUT2D eigenvalue weighted by Gasteiger charge is -2.10. The Labute approximate surface area is 120 Å². The summed E-state index contributed by atoms with van der Waals surface area (Å²) >= 11 is 7.36. The zero-order valence-electron chi connectivity index (χ0n) is 10.5. The Hall–Kier alpha value is -1.21. The van der Waals surface area contributed by atoms with Gasteiger partial charge in [-0.2, -0.15) is 0 Å². The Bertz CT molecular complexity index is 560. The monoisotopic (exact) mass is 296 g/mol. The lowest BCUT2D eigenvalue weighted by Crippen LogP contribution is -2.08. The van der Waals surface area contributed by atoms with Gasteiger partial charge in [-0.3, -0.25) is 0 Å². The smallest absolute Gasteiger partial charge is 0.215 e. The van der Waals surface area contributed by atoms with Gasteiger partial charge in [0.05, 0.1) is 6.04 Å². The molecule has 0 aliphatic heterocycles. The van der Waals surface area contributed by atoms with E-state index in [1.165, 1.54) is 24.6 Å². The Balaban J connectivity index is 1.85. The largest absolute Gasteiger partial charge is 0.226 e. The van der Waals surface area contributed by atoms with Crippen LogP contribution in [-0.2, 0) is 0 Å². The molecular formula is C11H13ClN6S. The summed E-state index contributed by atoms with van der Waals surface area (Å²) in [6.45, 7) is 1.82. The van der Waals surface area contributed by atoms with E-state index >= 15 is 0 Å². The summed E-state index contributed by atoms with van der Waals surface area (Å²) in [7, 11) is 0. The molecule has 0 bridgehead atoms. The third-order valence-corrected chi connectivity index (χ3v) is 4.18. The molecule has 0 aromatic carbocycles. The minimum absolute atomic E-state index is 0.413. The molecule has 0 saturated heterocycles. The number of aromatic nitrogens is 6. The van der Waals surface area contributed by atoms with Gasteiger partial charge in [0, 0.05) is 6.07 Å². The molecule has 0 unspecified atom stereocenters. The molecule has 0 spiro atoms. The van der Waals surface area contributed by atoms with Crippen LogP contribution in [0.15, 0.2) is 16.2 Å². The molecule has 2 aromatic rings. The molecule has 0 N–H and O–H groups in total. The maximum absolute atomic E-state index is 5.93. The van der Waals surface area contributed by atoms with Crippen LogP contribution in [0.4, 0.5) is 0 Å². The second-order valence-electron chi connectivity index (χ2n) is 4.52. The van der Waals surface area contributed by atoms with E-state index in [4.69, 9.17) is 11.6 Å². The summed E-state index contributed by atoms with van der Waals surface area (Å²) in [4.78, 5) is 8.38. The van der Waals surface area contributed by atoms with Crippen molar-refractivity contribution in [3.05, 3.63) is 17.0 Å². The molecule has 3 rings (SSSR count). The molecule has 0 atom stereocenters. The molecule has 1 aliphatic carbocycles. The summed E-state index contributed by atoms with van der Waals surface area (Å²) in [6.07, 6.45) is 4.77. The topological polar surface area (TPSA) is 69.4 Å². The second-order valence-corrected chi connectivity index (χ2v) is 5.90. The lowest BCUT2D eigenvalue weighted by molar-refractivity contribution is 0.423. The molecule has 19 heavy (non-hydrogen) atoms. The molecular weight excluding hydrogens is 284 g/mol. The molecule has 6 nitrogen and oxygen atoms in total. The first-order valence-electron chi connectivity index (χ1n) is 6.19. The van der Waals surface area contributed by atoms with Crippen molar-refractivity contribution in [1.82, 2.24) is 30.2 Å². The van der Waals surface area contributed by atoms with Crippen LogP contribution in [0.2, 0.25) is 5.15 Å². The van der Waals surface area contributed by atoms with Crippen molar-refractivity contribution in [3.63, 3.8) is 0 Å². The zero-order valence-corrected chi connectivity index (χ0v) is 12.0. The normalized spacial score (nSPS) is 16.1. The van der Waals surface area contributed by atoms with Crippen molar-refractivity contribution < 1.29 is 0 Å². The number of aryl methyl sites for hydroxylation is 1. The van der Waals surface area contributed by atoms with E-state index in [0.29, 0.717) is 17.0 Å². The van der Waals surface area contributed by atoms with Gasteiger partial charge >= 0.3 is 0 Å². The maximum Gasteiger partial charge on any atom is 0.215 e. The highest BCUT2D eigenvalue weighted by Gasteiger charge is 2.22. The van der Waals surface area contributed by atoms with Gasteiger partial charge in [-0.1, -0.05) is 24.4 Å². The van der Waals surface area contributed by atoms with E-state index in [1.54, 1.807) is 6.07 Å². The minimum atomic E-state index is 0.413. The minimum Gasteiger partial charge on any atom is -0.226 e. The fraction of sp³-hybridized carbons (Fsp3) is 0.545. The Morgan fingerprint density at radius 3 is 2.84 bits per heavy atom. The molecule has 1 saturated carbocycles. The lowest BCUT2D eigenvalue weighted by atomic mass is 10.3. The van der Waals surface area contributed by atoms with Crippen LogP contribution in [0.1, 0.15) is 37.5 Å². The summed E-state index contributed by atoms with van der Waals surface area (Å²) in [6, 6.07) is 2.14. The van der Waals surface area contributed by atoms with Crippen LogP contribution in [0.5, 0.6) is 0 Å². The predicted octanol–water partition coefficient (Wildman–Crippen LogP) is 2.69. The van der Waals surface area contributed by atoms with Gasteiger partial charge < -0.3 is 0 Å². The molecule has 1 fully saturated rings. The highest BCUT2D eigenvalue weighted by atomic mass is 35.5. The van der Waals surface area contributed by atoms with Crippen LogP contribution >= 0.6 is 23.4 Å². The summed E-state index contributed by atoms with van der Waals surface area (Å²) in [5.41, 5.74) is 0. The van der Waals surface area contributed by atoms with E-state index in [-0.39, 0.29) is 0 Å². The van der Waals surface area contributed by atoms with Gasteiger partial charge in [0.2, 0.25) is 5.16 Å². The second kappa shape index (κ2) is 5.42. The average Bonchev–Trinajstić information content (AvgIpc) is 2.96. The van der Waals surface area contributed by atoms with Gasteiger partial charge in [0.25, 0.3) is 0 Å². The highest BCUT2D eigenvalue weighted by molar-refractivity contribution is 7.99. The van der Waals surface area contributed by atoms with Crippen LogP contribution in [0, 0.1) is 6.92 Å². The number of halogens is 1. The zero-order chi connectivity index (χ0) is 13.2. The van der Waals surface area contributed by atoms with Crippen molar-refractivity contribution in [2.75, 3.05) is 0 Å². The number of nitrogens with zero attached hydrogens (tertiary/aromatic N) is 6. The first kappa shape index (κ1) is 12.8. The standard InChI is InChI=1S/C11H13ClN6S/c1-7-13-9(12)6-10(14-7)19-11-15-16-17-18(11)8-4-2-3-5-8/h6,8H,2-5H2,1H3. The Kier molecular flexibility index (Phi) is 3.65. The van der Waals surface area contributed by atoms with Crippen LogP contribution in [0.25, 0.3) is 0 Å². The molecule has 0 amide bonds.